The van der Waals surface area contributed by atoms with Crippen molar-refractivity contribution >= 4 is 0 Å². The van der Waals surface area contributed by atoms with E-state index < -0.39 is 0 Å². The van der Waals surface area contributed by atoms with Crippen LogP contribution in [0.3, 0.4) is 0 Å². The van der Waals surface area contributed by atoms with Crippen molar-refractivity contribution in [3.05, 3.63) is 35.6 Å². The van der Waals surface area contributed by atoms with Crippen molar-refractivity contribution in [1.82, 2.24) is 0 Å². The van der Waals surface area contributed by atoms with Crippen molar-refractivity contribution in [3.63, 3.8) is 0 Å². The van der Waals surface area contributed by atoms with Crippen LogP contribution in [0.4, 0.5) is 4.39 Å². The lowest BCUT2D eigenvalue weighted by atomic mass is 9.64. The zero-order chi connectivity index (χ0) is 14.6. The van der Waals surface area contributed by atoms with Crippen LogP contribution in [0.1, 0.15) is 37.7 Å². The second-order valence-corrected chi connectivity index (χ2v) is 5.78. The number of hydrogen-bond acceptors (Lipinski definition) is 3. The number of methoxy groups -OCH3 is 1. The second kappa shape index (κ2) is 6.66. The molecule has 0 saturated heterocycles. The summed E-state index contributed by atoms with van der Waals surface area (Å²) in [7, 11) is 1.67. The van der Waals surface area contributed by atoms with Gasteiger partial charge < -0.3 is 15.6 Å². The molecule has 3 nitrogen and oxygen atoms in total. The Labute approximate surface area is 119 Å². The van der Waals surface area contributed by atoms with Crippen LogP contribution in [0.2, 0.25) is 0 Å². The molecular weight excluding hydrogens is 257 g/mol. The summed E-state index contributed by atoms with van der Waals surface area (Å²) in [5.74, 6) is -0.231. The van der Waals surface area contributed by atoms with E-state index in [1.807, 2.05) is 12.1 Å². The molecular formula is C16H24FNO2. The predicted molar refractivity (Wildman–Crippen MR) is 77.0 cm³/mol. The van der Waals surface area contributed by atoms with Crippen molar-refractivity contribution in [1.29, 1.82) is 0 Å². The maximum atomic E-state index is 13.2. The molecule has 1 atom stereocenters. The molecule has 1 aliphatic carbocycles. The highest BCUT2D eigenvalue weighted by molar-refractivity contribution is 5.29. The van der Waals surface area contributed by atoms with Gasteiger partial charge in [-0.25, -0.2) is 4.39 Å². The highest BCUT2D eigenvalue weighted by atomic mass is 19.1. The Morgan fingerprint density at radius 3 is 2.50 bits per heavy atom. The van der Waals surface area contributed by atoms with Crippen LogP contribution < -0.4 is 5.73 Å². The van der Waals surface area contributed by atoms with Crippen LogP contribution in [-0.2, 0) is 10.2 Å². The Morgan fingerprint density at radius 1 is 1.35 bits per heavy atom. The topological polar surface area (TPSA) is 55.5 Å². The number of aliphatic hydroxyl groups excluding tert-OH is 1. The van der Waals surface area contributed by atoms with Gasteiger partial charge in [0.05, 0.1) is 6.10 Å². The van der Waals surface area contributed by atoms with Gasteiger partial charge in [0, 0.05) is 25.2 Å². The van der Waals surface area contributed by atoms with Crippen molar-refractivity contribution in [2.45, 2.75) is 49.7 Å². The molecule has 1 aromatic rings. The van der Waals surface area contributed by atoms with E-state index in [1.54, 1.807) is 7.11 Å². The van der Waals surface area contributed by atoms with Gasteiger partial charge in [0.1, 0.15) is 5.82 Å². The zero-order valence-corrected chi connectivity index (χ0v) is 12.0. The normalized spacial score (nSPS) is 28.3. The number of nitrogens with two attached hydrogens (primary N) is 1. The molecule has 3 N–H and O–H groups in total. The summed E-state index contributed by atoms with van der Waals surface area (Å²) >= 11 is 0. The predicted octanol–water partition coefficient (Wildman–Crippen LogP) is 2.36. The van der Waals surface area contributed by atoms with Crippen LogP contribution in [-0.4, -0.2) is 31.0 Å². The van der Waals surface area contributed by atoms with E-state index in [0.29, 0.717) is 6.61 Å². The first-order valence-corrected chi connectivity index (χ1v) is 7.27. The summed E-state index contributed by atoms with van der Waals surface area (Å²) in [5, 5.41) is 9.76. The minimum absolute atomic E-state index is 0.0413. The average molecular weight is 281 g/mol. The number of benzene rings is 1. The van der Waals surface area contributed by atoms with Crippen LogP contribution >= 0.6 is 0 Å². The van der Waals surface area contributed by atoms with E-state index in [4.69, 9.17) is 10.5 Å². The Balaban J connectivity index is 2.26. The fourth-order valence-electron chi connectivity index (χ4n) is 3.29. The summed E-state index contributed by atoms with van der Waals surface area (Å²) in [5.41, 5.74) is 7.33. The molecule has 0 aliphatic heterocycles. The molecule has 1 aromatic carbocycles. The van der Waals surface area contributed by atoms with Gasteiger partial charge in [0.15, 0.2) is 0 Å². The lowest BCUT2D eigenvalue weighted by molar-refractivity contribution is 0.0782. The summed E-state index contributed by atoms with van der Waals surface area (Å²) < 4.78 is 18.3. The Morgan fingerprint density at radius 2 is 1.95 bits per heavy atom. The Hall–Kier alpha value is -0.970. The molecule has 112 valence electrons. The maximum absolute atomic E-state index is 13.2. The minimum Gasteiger partial charge on any atom is -0.393 e. The molecule has 2 rings (SSSR count). The maximum Gasteiger partial charge on any atom is 0.123 e. The van der Waals surface area contributed by atoms with Gasteiger partial charge in [-0.15, -0.1) is 0 Å². The van der Waals surface area contributed by atoms with E-state index in [1.165, 1.54) is 12.1 Å². The standard InChI is InChI=1S/C16H24FNO2/c1-20-11-8-15(18)16(9-6-14(19)7-10-16)12-2-4-13(17)5-3-12/h2-5,14-15,19H,6-11,18H2,1H3/t14-,15?,16+. The molecule has 0 amide bonds. The molecule has 4 heteroatoms. The van der Waals surface area contributed by atoms with Crippen molar-refractivity contribution in [2.75, 3.05) is 13.7 Å². The fraction of sp³-hybridized carbons (Fsp3) is 0.625. The minimum atomic E-state index is -0.238. The summed E-state index contributed by atoms with van der Waals surface area (Å²) in [6.45, 7) is 0.618. The molecule has 1 unspecified atom stereocenters. The lowest BCUT2D eigenvalue weighted by Gasteiger charge is -2.44. The third-order valence-corrected chi connectivity index (χ3v) is 4.61. The first-order chi connectivity index (χ1) is 9.58. The third kappa shape index (κ3) is 3.19. The van der Waals surface area contributed by atoms with Gasteiger partial charge in [0.2, 0.25) is 0 Å². The highest BCUT2D eigenvalue weighted by Gasteiger charge is 2.41. The van der Waals surface area contributed by atoms with Crippen LogP contribution in [0.15, 0.2) is 24.3 Å². The van der Waals surface area contributed by atoms with Crippen molar-refractivity contribution in [3.8, 4) is 0 Å². The fourth-order valence-corrected chi connectivity index (χ4v) is 3.29. The summed E-state index contributed by atoms with van der Waals surface area (Å²) in [4.78, 5) is 0. The number of rotatable bonds is 5. The smallest absolute Gasteiger partial charge is 0.123 e. The average Bonchev–Trinajstić information content (AvgIpc) is 2.47. The second-order valence-electron chi connectivity index (χ2n) is 5.78. The van der Waals surface area contributed by atoms with E-state index in [0.717, 1.165) is 37.7 Å². The van der Waals surface area contributed by atoms with Crippen LogP contribution in [0.5, 0.6) is 0 Å². The van der Waals surface area contributed by atoms with Gasteiger partial charge in [-0.05, 0) is 49.8 Å². The van der Waals surface area contributed by atoms with E-state index in [-0.39, 0.29) is 23.4 Å². The Kier molecular flexibility index (Phi) is 5.13. The summed E-state index contributed by atoms with van der Waals surface area (Å²) in [6, 6.07) is 6.61. The third-order valence-electron chi connectivity index (χ3n) is 4.61. The van der Waals surface area contributed by atoms with Gasteiger partial charge in [-0.3, -0.25) is 0 Å². The monoisotopic (exact) mass is 281 g/mol. The molecule has 1 saturated carbocycles. The number of ether oxygens (including phenoxy) is 1. The Bertz CT molecular complexity index is 413. The molecule has 0 spiro atoms. The quantitative estimate of drug-likeness (QED) is 0.871. The molecule has 0 heterocycles. The molecule has 1 aliphatic rings. The lowest BCUT2D eigenvalue weighted by Crippen LogP contribution is -2.49. The van der Waals surface area contributed by atoms with Crippen LogP contribution in [0.25, 0.3) is 0 Å². The molecule has 0 bridgehead atoms. The zero-order valence-electron chi connectivity index (χ0n) is 12.0. The molecule has 0 radical (unpaired) electrons. The number of halogens is 1. The molecule has 20 heavy (non-hydrogen) atoms. The molecule has 1 fully saturated rings. The van der Waals surface area contributed by atoms with E-state index >= 15 is 0 Å². The van der Waals surface area contributed by atoms with E-state index in [2.05, 4.69) is 0 Å². The van der Waals surface area contributed by atoms with Crippen molar-refractivity contribution in [2.24, 2.45) is 5.73 Å². The van der Waals surface area contributed by atoms with Crippen LogP contribution in [0, 0.1) is 5.82 Å². The van der Waals surface area contributed by atoms with Crippen molar-refractivity contribution < 1.29 is 14.2 Å². The SMILES string of the molecule is COCCC(N)[C@]1(c2ccc(F)cc2)CC[C@H](O)CC1. The first kappa shape index (κ1) is 15.4. The molecule has 0 aromatic heterocycles. The summed E-state index contributed by atoms with van der Waals surface area (Å²) in [6.07, 6.45) is 3.70. The van der Waals surface area contributed by atoms with E-state index in [9.17, 15) is 9.50 Å². The van der Waals surface area contributed by atoms with Gasteiger partial charge in [-0.2, -0.15) is 0 Å². The highest BCUT2D eigenvalue weighted by Crippen LogP contribution is 2.42. The largest absolute Gasteiger partial charge is 0.393 e. The number of aliphatic hydroxyl groups is 1. The van der Waals surface area contributed by atoms with Gasteiger partial charge in [0.25, 0.3) is 0 Å². The van der Waals surface area contributed by atoms with Gasteiger partial charge in [-0.1, -0.05) is 12.1 Å². The van der Waals surface area contributed by atoms with Gasteiger partial charge >= 0.3 is 0 Å². The number of hydrogen-bond donors (Lipinski definition) is 2. The first-order valence-electron chi connectivity index (χ1n) is 7.27.